The molecule has 1 aliphatic heterocycles. The molecule has 0 spiro atoms. The molecule has 0 aliphatic carbocycles. The summed E-state index contributed by atoms with van der Waals surface area (Å²) in [7, 11) is 1.57. The monoisotopic (exact) mass is 414 g/mol. The second kappa shape index (κ2) is 8.34. The van der Waals surface area contributed by atoms with Crippen molar-refractivity contribution in [3.05, 3.63) is 29.0 Å². The number of alkyl halides is 3. The Balaban J connectivity index is 1.68. The first-order chi connectivity index (χ1) is 13.3. The highest BCUT2D eigenvalue weighted by Crippen LogP contribution is 2.33. The van der Waals surface area contributed by atoms with Crippen molar-refractivity contribution >= 4 is 18.1 Å². The van der Waals surface area contributed by atoms with Gasteiger partial charge in [-0.05, 0) is 49.3 Å². The number of nitrogens with zero attached hydrogens (tertiary/aromatic N) is 3. The molecule has 0 radical (unpaired) electrons. The predicted octanol–water partition coefficient (Wildman–Crippen LogP) is 3.81. The second-order valence-corrected chi connectivity index (χ2v) is 7.09. The number of H-pyrrole nitrogens is 1. The summed E-state index contributed by atoms with van der Waals surface area (Å²) in [6, 6.07) is 7.21. The van der Waals surface area contributed by atoms with Crippen molar-refractivity contribution < 1.29 is 22.7 Å². The number of ether oxygens (including phenoxy) is 1. The van der Waals surface area contributed by atoms with E-state index in [1.165, 1.54) is 4.90 Å². The number of piperidine rings is 1. The number of hydrogen-bond acceptors (Lipinski definition) is 4. The van der Waals surface area contributed by atoms with Gasteiger partial charge in [-0.3, -0.25) is 14.5 Å². The first-order valence-electron chi connectivity index (χ1n) is 8.93. The van der Waals surface area contributed by atoms with Crippen molar-refractivity contribution in [2.24, 2.45) is 5.92 Å². The molecule has 152 valence electrons. The number of hydrogen-bond donors (Lipinski definition) is 1. The minimum absolute atomic E-state index is 0.0571. The summed E-state index contributed by atoms with van der Waals surface area (Å²) in [4.78, 5) is 13.8. The first kappa shape index (κ1) is 20.4. The van der Waals surface area contributed by atoms with Crippen molar-refractivity contribution in [2.45, 2.75) is 32.0 Å². The normalized spacial score (nSPS) is 17.6. The van der Waals surface area contributed by atoms with Crippen molar-refractivity contribution in [1.29, 1.82) is 0 Å². The lowest BCUT2D eigenvalue weighted by Gasteiger charge is -2.33. The fourth-order valence-electron chi connectivity index (χ4n) is 3.32. The summed E-state index contributed by atoms with van der Waals surface area (Å²) >= 11 is 5.24. The van der Waals surface area contributed by atoms with Crippen LogP contribution in [0.4, 0.5) is 13.2 Å². The van der Waals surface area contributed by atoms with Crippen molar-refractivity contribution in [2.75, 3.05) is 20.2 Å². The molecule has 1 saturated heterocycles. The largest absolute Gasteiger partial charge is 0.497 e. The molecule has 2 heterocycles. The molecule has 1 fully saturated rings. The number of likely N-dealkylation sites (tertiary alicyclic amines) is 1. The van der Waals surface area contributed by atoms with E-state index in [1.54, 1.807) is 23.8 Å². The highest BCUT2D eigenvalue weighted by atomic mass is 32.1. The molecule has 28 heavy (non-hydrogen) atoms. The molecule has 2 aromatic rings. The molecule has 10 heteroatoms. The van der Waals surface area contributed by atoms with E-state index in [2.05, 4.69) is 10.2 Å². The number of carbonyl (C=O) groups is 1. The topological polar surface area (TPSA) is 63.1 Å². The van der Waals surface area contributed by atoms with Crippen molar-refractivity contribution in [1.82, 2.24) is 19.7 Å². The van der Waals surface area contributed by atoms with Crippen LogP contribution in [0.5, 0.6) is 5.75 Å². The van der Waals surface area contributed by atoms with Crippen LogP contribution in [-0.2, 0) is 11.3 Å². The number of methoxy groups -OCH3 is 1. The van der Waals surface area contributed by atoms with Crippen LogP contribution >= 0.6 is 12.2 Å². The molecule has 1 aromatic heterocycles. The van der Waals surface area contributed by atoms with E-state index in [0.29, 0.717) is 29.3 Å². The Morgan fingerprint density at radius 2 is 2.07 bits per heavy atom. The molecule has 0 bridgehead atoms. The summed E-state index contributed by atoms with van der Waals surface area (Å²) < 4.78 is 46.0. The molecule has 1 aromatic carbocycles. The van der Waals surface area contributed by atoms with Gasteiger partial charge in [0.1, 0.15) is 5.75 Å². The fraction of sp³-hybridized carbons (Fsp3) is 0.500. The fourth-order valence-corrected chi connectivity index (χ4v) is 3.55. The van der Waals surface area contributed by atoms with Gasteiger partial charge < -0.3 is 9.64 Å². The Morgan fingerprint density at radius 1 is 1.36 bits per heavy atom. The smallest absolute Gasteiger partial charge is 0.393 e. The van der Waals surface area contributed by atoms with Gasteiger partial charge in [0.2, 0.25) is 5.91 Å². The molecule has 0 saturated carbocycles. The quantitative estimate of drug-likeness (QED) is 0.756. The average Bonchev–Trinajstić information content (AvgIpc) is 3.06. The summed E-state index contributed by atoms with van der Waals surface area (Å²) in [5.74, 6) is -0.495. The number of carbonyl (C=O) groups excluding carboxylic acids is 1. The number of benzene rings is 1. The number of aromatic amines is 1. The number of nitrogens with one attached hydrogen (secondary N) is 1. The third-order valence-electron chi connectivity index (χ3n) is 4.89. The van der Waals surface area contributed by atoms with E-state index in [0.717, 1.165) is 5.56 Å². The van der Waals surface area contributed by atoms with Gasteiger partial charge in [0.15, 0.2) is 10.6 Å². The highest BCUT2D eigenvalue weighted by Gasteiger charge is 2.42. The molecule has 1 N–H and O–H groups in total. The Bertz CT molecular complexity index is 876. The van der Waals surface area contributed by atoms with E-state index in [4.69, 9.17) is 17.0 Å². The predicted molar refractivity (Wildman–Crippen MR) is 99.4 cm³/mol. The van der Waals surface area contributed by atoms with Crippen LogP contribution < -0.4 is 4.74 Å². The van der Waals surface area contributed by atoms with Crippen LogP contribution in [0.3, 0.4) is 0 Å². The average molecular weight is 414 g/mol. The number of rotatable bonds is 5. The molecular weight excluding hydrogens is 393 g/mol. The maximum atomic E-state index is 13.0. The van der Waals surface area contributed by atoms with Crippen molar-refractivity contribution in [3.8, 4) is 17.1 Å². The Labute approximate surface area is 165 Å². The number of amides is 1. The van der Waals surface area contributed by atoms with Gasteiger partial charge >= 0.3 is 6.18 Å². The highest BCUT2D eigenvalue weighted by molar-refractivity contribution is 7.71. The molecule has 0 unspecified atom stereocenters. The Hall–Kier alpha value is -2.36. The lowest BCUT2D eigenvalue weighted by Crippen LogP contribution is -2.44. The molecule has 3 rings (SSSR count). The summed E-state index contributed by atoms with van der Waals surface area (Å²) in [6.07, 6.45) is -3.78. The molecule has 6 nitrogen and oxygen atoms in total. The van der Waals surface area contributed by atoms with Gasteiger partial charge in [-0.25, -0.2) is 0 Å². The van der Waals surface area contributed by atoms with E-state index in [-0.39, 0.29) is 31.8 Å². The summed E-state index contributed by atoms with van der Waals surface area (Å²) in [5.41, 5.74) is 0.788. The van der Waals surface area contributed by atoms with Crippen LogP contribution in [0.2, 0.25) is 0 Å². The Kier molecular flexibility index (Phi) is 6.07. The summed E-state index contributed by atoms with van der Waals surface area (Å²) in [5, 5.41) is 6.91. The minimum atomic E-state index is -4.27. The minimum Gasteiger partial charge on any atom is -0.497 e. The van der Waals surface area contributed by atoms with E-state index in [1.807, 2.05) is 12.1 Å². The van der Waals surface area contributed by atoms with Gasteiger partial charge in [0.25, 0.3) is 0 Å². The Morgan fingerprint density at radius 3 is 2.71 bits per heavy atom. The van der Waals surface area contributed by atoms with Crippen LogP contribution in [0.25, 0.3) is 11.4 Å². The molecule has 1 amide bonds. The lowest BCUT2D eigenvalue weighted by atomic mass is 9.97. The number of aromatic nitrogens is 3. The zero-order valence-electron chi connectivity index (χ0n) is 15.3. The first-order valence-corrected chi connectivity index (χ1v) is 9.34. The molecular formula is C18H21F3N4O2S. The van der Waals surface area contributed by atoms with Gasteiger partial charge in [-0.2, -0.15) is 18.3 Å². The SMILES string of the molecule is COc1ccc(-c2n[nH]c(=S)n2CCC(=O)N2CCC[C@H](C(F)(F)F)C2)cc1. The van der Waals surface area contributed by atoms with Gasteiger partial charge in [-0.1, -0.05) is 0 Å². The molecule has 1 atom stereocenters. The zero-order valence-corrected chi connectivity index (χ0v) is 16.1. The maximum Gasteiger partial charge on any atom is 0.393 e. The van der Waals surface area contributed by atoms with Crippen molar-refractivity contribution in [3.63, 3.8) is 0 Å². The van der Waals surface area contributed by atoms with E-state index >= 15 is 0 Å². The third kappa shape index (κ3) is 4.54. The van der Waals surface area contributed by atoms with Gasteiger partial charge in [0, 0.05) is 31.6 Å². The lowest BCUT2D eigenvalue weighted by molar-refractivity contribution is -0.188. The van der Waals surface area contributed by atoms with E-state index < -0.39 is 12.1 Å². The number of halogens is 3. The zero-order chi connectivity index (χ0) is 20.3. The maximum absolute atomic E-state index is 13.0. The van der Waals surface area contributed by atoms with Crippen LogP contribution in [0.15, 0.2) is 24.3 Å². The third-order valence-corrected chi connectivity index (χ3v) is 5.20. The van der Waals surface area contributed by atoms with Gasteiger partial charge in [0.05, 0.1) is 13.0 Å². The standard InChI is InChI=1S/C18H21F3N4O2S/c1-27-14-6-4-12(5-7-14)16-22-23-17(28)25(16)10-8-15(26)24-9-2-3-13(11-24)18(19,20)21/h4-7,13H,2-3,8-11H2,1H3,(H,23,28)/t13-/m0/s1. The second-order valence-electron chi connectivity index (χ2n) is 6.70. The van der Waals surface area contributed by atoms with Crippen LogP contribution in [-0.4, -0.2) is 51.9 Å². The van der Waals surface area contributed by atoms with E-state index in [9.17, 15) is 18.0 Å². The van der Waals surface area contributed by atoms with Crippen LogP contribution in [0.1, 0.15) is 19.3 Å². The van der Waals surface area contributed by atoms with Crippen LogP contribution in [0, 0.1) is 10.7 Å². The summed E-state index contributed by atoms with van der Waals surface area (Å²) in [6.45, 7) is 0.320. The van der Waals surface area contributed by atoms with Gasteiger partial charge in [-0.15, -0.1) is 0 Å². The molecule has 1 aliphatic rings.